The first-order valence-electron chi connectivity index (χ1n) is 6.99. The molecule has 2 rings (SSSR count). The molecule has 4 heteroatoms. The minimum atomic E-state index is 0.177. The molecule has 4 nitrogen and oxygen atoms in total. The van der Waals surface area contributed by atoms with E-state index >= 15 is 0 Å². The third kappa shape index (κ3) is 3.47. The standard InChI is InChI=1S/C15H22N2O2/c1-2-3-9-19-10-8-17-14-6-5-13(16)11-12(14)4-7-15(17)18/h5-6,11H,2-4,7-10,16H2,1H3. The molecule has 0 bridgehead atoms. The third-order valence-corrected chi connectivity index (χ3v) is 3.41. The van der Waals surface area contributed by atoms with Crippen molar-refractivity contribution in [3.63, 3.8) is 0 Å². The van der Waals surface area contributed by atoms with Crippen LogP contribution < -0.4 is 10.6 Å². The van der Waals surface area contributed by atoms with Crippen molar-refractivity contribution in [2.45, 2.75) is 32.6 Å². The van der Waals surface area contributed by atoms with Crippen LogP contribution in [-0.4, -0.2) is 25.7 Å². The van der Waals surface area contributed by atoms with Crippen LogP contribution in [0, 0.1) is 0 Å². The van der Waals surface area contributed by atoms with Crippen molar-refractivity contribution in [1.82, 2.24) is 0 Å². The Morgan fingerprint density at radius 1 is 1.32 bits per heavy atom. The second-order valence-corrected chi connectivity index (χ2v) is 4.90. The van der Waals surface area contributed by atoms with Crippen LogP contribution in [0.15, 0.2) is 18.2 Å². The number of carbonyl (C=O) groups is 1. The number of rotatable bonds is 6. The molecule has 0 unspecified atom stereocenters. The number of hydrogen-bond acceptors (Lipinski definition) is 3. The fourth-order valence-corrected chi connectivity index (χ4v) is 2.33. The number of nitrogen functional groups attached to an aromatic ring is 1. The molecule has 0 radical (unpaired) electrons. The van der Waals surface area contributed by atoms with E-state index in [4.69, 9.17) is 10.5 Å². The molecule has 0 aliphatic carbocycles. The molecule has 1 aliphatic heterocycles. The van der Waals surface area contributed by atoms with Gasteiger partial charge in [-0.05, 0) is 36.6 Å². The molecule has 0 aromatic heterocycles. The number of unbranched alkanes of at least 4 members (excludes halogenated alkanes) is 1. The van der Waals surface area contributed by atoms with Gasteiger partial charge in [-0.3, -0.25) is 4.79 Å². The van der Waals surface area contributed by atoms with Crippen molar-refractivity contribution in [2.75, 3.05) is 30.4 Å². The smallest absolute Gasteiger partial charge is 0.227 e. The van der Waals surface area contributed by atoms with E-state index in [-0.39, 0.29) is 5.91 Å². The van der Waals surface area contributed by atoms with Gasteiger partial charge in [-0.25, -0.2) is 0 Å². The van der Waals surface area contributed by atoms with Gasteiger partial charge in [0.1, 0.15) is 0 Å². The lowest BCUT2D eigenvalue weighted by Gasteiger charge is -2.29. The van der Waals surface area contributed by atoms with Crippen LogP contribution in [0.1, 0.15) is 31.7 Å². The van der Waals surface area contributed by atoms with Gasteiger partial charge in [0.05, 0.1) is 6.61 Å². The number of anilines is 2. The predicted octanol–water partition coefficient (Wildman–Crippen LogP) is 2.36. The van der Waals surface area contributed by atoms with Crippen molar-refractivity contribution in [2.24, 2.45) is 0 Å². The van der Waals surface area contributed by atoms with Crippen molar-refractivity contribution < 1.29 is 9.53 Å². The maximum atomic E-state index is 12.0. The Balaban J connectivity index is 1.98. The van der Waals surface area contributed by atoms with Crippen LogP contribution in [0.2, 0.25) is 0 Å². The van der Waals surface area contributed by atoms with Gasteiger partial charge < -0.3 is 15.4 Å². The summed E-state index contributed by atoms with van der Waals surface area (Å²) >= 11 is 0. The summed E-state index contributed by atoms with van der Waals surface area (Å²) in [6.07, 6.45) is 3.55. The summed E-state index contributed by atoms with van der Waals surface area (Å²) < 4.78 is 5.55. The van der Waals surface area contributed by atoms with E-state index in [0.29, 0.717) is 19.6 Å². The molecule has 0 saturated heterocycles. The number of nitrogens with two attached hydrogens (primary N) is 1. The zero-order chi connectivity index (χ0) is 13.7. The van der Waals surface area contributed by atoms with E-state index in [0.717, 1.165) is 42.8 Å². The van der Waals surface area contributed by atoms with Crippen LogP contribution in [-0.2, 0) is 16.0 Å². The summed E-state index contributed by atoms with van der Waals surface area (Å²) in [5.74, 6) is 0.177. The zero-order valence-corrected chi connectivity index (χ0v) is 11.5. The molecule has 1 amide bonds. The van der Waals surface area contributed by atoms with E-state index < -0.39 is 0 Å². The monoisotopic (exact) mass is 262 g/mol. The van der Waals surface area contributed by atoms with Gasteiger partial charge in [0.25, 0.3) is 0 Å². The molecule has 1 aromatic rings. The number of hydrogen-bond donors (Lipinski definition) is 1. The Labute approximate surface area is 114 Å². The predicted molar refractivity (Wildman–Crippen MR) is 77.3 cm³/mol. The first-order valence-corrected chi connectivity index (χ1v) is 6.99. The molecular formula is C15H22N2O2. The largest absolute Gasteiger partial charge is 0.399 e. The van der Waals surface area contributed by atoms with Gasteiger partial charge in [0, 0.05) is 30.9 Å². The average Bonchev–Trinajstić information content (AvgIpc) is 2.41. The molecule has 104 valence electrons. The van der Waals surface area contributed by atoms with Crippen molar-refractivity contribution >= 4 is 17.3 Å². The first-order chi connectivity index (χ1) is 9.22. The fraction of sp³-hybridized carbons (Fsp3) is 0.533. The summed E-state index contributed by atoms with van der Waals surface area (Å²) in [5, 5.41) is 0. The second kappa shape index (κ2) is 6.57. The maximum absolute atomic E-state index is 12.0. The molecule has 0 saturated carbocycles. The van der Waals surface area contributed by atoms with Crippen LogP contribution in [0.5, 0.6) is 0 Å². The van der Waals surface area contributed by atoms with Crippen LogP contribution >= 0.6 is 0 Å². The van der Waals surface area contributed by atoms with Gasteiger partial charge in [-0.2, -0.15) is 0 Å². The molecule has 2 N–H and O–H groups in total. The Morgan fingerprint density at radius 3 is 2.95 bits per heavy atom. The lowest BCUT2D eigenvalue weighted by atomic mass is 10.0. The summed E-state index contributed by atoms with van der Waals surface area (Å²) in [6, 6.07) is 5.75. The Kier molecular flexibility index (Phi) is 4.80. The Hall–Kier alpha value is -1.55. The summed E-state index contributed by atoms with van der Waals surface area (Å²) in [6.45, 7) is 4.13. The maximum Gasteiger partial charge on any atom is 0.227 e. The lowest BCUT2D eigenvalue weighted by Crippen LogP contribution is -2.37. The molecule has 0 atom stereocenters. The first kappa shape index (κ1) is 13.9. The third-order valence-electron chi connectivity index (χ3n) is 3.41. The minimum absolute atomic E-state index is 0.177. The van der Waals surface area contributed by atoms with E-state index in [1.165, 1.54) is 0 Å². The number of ether oxygens (including phenoxy) is 1. The van der Waals surface area contributed by atoms with Gasteiger partial charge in [-0.15, -0.1) is 0 Å². The van der Waals surface area contributed by atoms with Crippen molar-refractivity contribution in [3.8, 4) is 0 Å². The highest BCUT2D eigenvalue weighted by Gasteiger charge is 2.23. The normalized spacial score (nSPS) is 14.6. The van der Waals surface area contributed by atoms with Gasteiger partial charge in [-0.1, -0.05) is 13.3 Å². The second-order valence-electron chi connectivity index (χ2n) is 4.90. The van der Waals surface area contributed by atoms with Crippen LogP contribution in [0.3, 0.4) is 0 Å². The Morgan fingerprint density at radius 2 is 2.16 bits per heavy atom. The fourth-order valence-electron chi connectivity index (χ4n) is 2.33. The van der Waals surface area contributed by atoms with Gasteiger partial charge >= 0.3 is 0 Å². The summed E-state index contributed by atoms with van der Waals surface area (Å²) in [4.78, 5) is 13.8. The van der Waals surface area contributed by atoms with Gasteiger partial charge in [0.2, 0.25) is 5.91 Å². The zero-order valence-electron chi connectivity index (χ0n) is 11.5. The SMILES string of the molecule is CCCCOCCN1C(=O)CCc2cc(N)ccc21. The molecule has 19 heavy (non-hydrogen) atoms. The number of aryl methyl sites for hydroxylation is 1. The number of benzene rings is 1. The van der Waals surface area contributed by atoms with E-state index in [1.807, 2.05) is 23.1 Å². The van der Waals surface area contributed by atoms with Crippen LogP contribution in [0.4, 0.5) is 11.4 Å². The molecule has 1 aliphatic rings. The number of carbonyl (C=O) groups excluding carboxylic acids is 1. The molecule has 1 aromatic carbocycles. The Bertz CT molecular complexity index is 446. The minimum Gasteiger partial charge on any atom is -0.399 e. The highest BCUT2D eigenvalue weighted by molar-refractivity contribution is 5.96. The topological polar surface area (TPSA) is 55.6 Å². The highest BCUT2D eigenvalue weighted by atomic mass is 16.5. The molecular weight excluding hydrogens is 240 g/mol. The van der Waals surface area contributed by atoms with E-state index in [9.17, 15) is 4.79 Å². The van der Waals surface area contributed by atoms with Crippen molar-refractivity contribution in [1.29, 1.82) is 0 Å². The van der Waals surface area contributed by atoms with Crippen molar-refractivity contribution in [3.05, 3.63) is 23.8 Å². The van der Waals surface area contributed by atoms with E-state index in [1.54, 1.807) is 0 Å². The quantitative estimate of drug-likeness (QED) is 0.632. The molecule has 0 fully saturated rings. The van der Waals surface area contributed by atoms with Crippen LogP contribution in [0.25, 0.3) is 0 Å². The molecule has 0 spiro atoms. The number of amides is 1. The molecule has 1 heterocycles. The lowest BCUT2D eigenvalue weighted by molar-refractivity contribution is -0.119. The summed E-state index contributed by atoms with van der Waals surface area (Å²) in [5.41, 5.74) is 8.70. The highest BCUT2D eigenvalue weighted by Crippen LogP contribution is 2.29. The summed E-state index contributed by atoms with van der Waals surface area (Å²) in [7, 11) is 0. The van der Waals surface area contributed by atoms with E-state index in [2.05, 4.69) is 6.92 Å². The average molecular weight is 262 g/mol. The number of fused-ring (bicyclic) bond motifs is 1. The number of nitrogens with zero attached hydrogens (tertiary/aromatic N) is 1. The van der Waals surface area contributed by atoms with Gasteiger partial charge in [0.15, 0.2) is 0 Å².